The number of piperidine rings is 1. The van der Waals surface area contributed by atoms with E-state index in [9.17, 15) is 9.18 Å². The maximum Gasteiger partial charge on any atom is 0.237 e. The molecule has 0 bridgehead atoms. The molecule has 0 saturated carbocycles. The second-order valence-corrected chi connectivity index (χ2v) is 5.73. The largest absolute Gasteiger partial charge is 0.373 e. The Balaban J connectivity index is 1.46. The van der Waals surface area contributed by atoms with Crippen LogP contribution < -0.4 is 5.32 Å². The van der Waals surface area contributed by atoms with Gasteiger partial charge in [-0.05, 0) is 25.3 Å². The number of halogens is 1. The van der Waals surface area contributed by atoms with Crippen LogP contribution >= 0.6 is 0 Å². The highest BCUT2D eigenvalue weighted by molar-refractivity contribution is 5.83. The Morgan fingerprint density at radius 1 is 1.24 bits per heavy atom. The number of hydrogen-bond donors (Lipinski definition) is 1. The SMILES string of the molecule is O=C1NCCC1N1CCC(OCc2ccccc2F)CC1. The summed E-state index contributed by atoms with van der Waals surface area (Å²) in [5.74, 6) is -0.0571. The fourth-order valence-corrected chi connectivity index (χ4v) is 3.11. The van der Waals surface area contributed by atoms with Crippen molar-refractivity contribution >= 4 is 5.91 Å². The molecule has 2 fully saturated rings. The molecule has 5 heteroatoms. The summed E-state index contributed by atoms with van der Waals surface area (Å²) in [6, 6.07) is 6.76. The van der Waals surface area contributed by atoms with Crippen LogP contribution in [0.4, 0.5) is 4.39 Å². The molecule has 2 heterocycles. The molecule has 2 saturated heterocycles. The maximum atomic E-state index is 13.5. The predicted molar refractivity (Wildman–Crippen MR) is 77.2 cm³/mol. The summed E-state index contributed by atoms with van der Waals surface area (Å²) in [4.78, 5) is 13.9. The van der Waals surface area contributed by atoms with Crippen LogP contribution in [0.3, 0.4) is 0 Å². The van der Waals surface area contributed by atoms with Crippen molar-refractivity contribution in [2.75, 3.05) is 19.6 Å². The van der Waals surface area contributed by atoms with Gasteiger partial charge in [-0.3, -0.25) is 9.69 Å². The van der Waals surface area contributed by atoms with Gasteiger partial charge in [0.15, 0.2) is 0 Å². The molecule has 2 aliphatic heterocycles. The van der Waals surface area contributed by atoms with Crippen LogP contribution in [0.5, 0.6) is 0 Å². The Bertz CT molecular complexity index is 501. The zero-order valence-electron chi connectivity index (χ0n) is 12.1. The highest BCUT2D eigenvalue weighted by Gasteiger charge is 2.32. The molecule has 21 heavy (non-hydrogen) atoms. The van der Waals surface area contributed by atoms with Gasteiger partial charge in [0.2, 0.25) is 5.91 Å². The summed E-state index contributed by atoms with van der Waals surface area (Å²) in [7, 11) is 0. The Kier molecular flexibility index (Phi) is 4.51. The Morgan fingerprint density at radius 3 is 2.67 bits per heavy atom. The van der Waals surface area contributed by atoms with Gasteiger partial charge in [-0.1, -0.05) is 18.2 Å². The normalized spacial score (nSPS) is 24.2. The maximum absolute atomic E-state index is 13.5. The minimum Gasteiger partial charge on any atom is -0.373 e. The third-order valence-corrected chi connectivity index (χ3v) is 4.37. The Labute approximate surface area is 124 Å². The number of nitrogens with one attached hydrogen (secondary N) is 1. The van der Waals surface area contributed by atoms with E-state index in [0.717, 1.165) is 38.9 Å². The number of rotatable bonds is 4. The molecule has 1 atom stereocenters. The summed E-state index contributed by atoms with van der Waals surface area (Å²) in [6.45, 7) is 2.86. The molecule has 114 valence electrons. The van der Waals surface area contributed by atoms with Gasteiger partial charge in [0.05, 0.1) is 18.8 Å². The third-order valence-electron chi connectivity index (χ3n) is 4.37. The van der Waals surface area contributed by atoms with E-state index >= 15 is 0 Å². The molecule has 4 nitrogen and oxygen atoms in total. The van der Waals surface area contributed by atoms with Crippen molar-refractivity contribution in [3.05, 3.63) is 35.6 Å². The molecule has 0 radical (unpaired) electrons. The second-order valence-electron chi connectivity index (χ2n) is 5.73. The van der Waals surface area contributed by atoms with E-state index < -0.39 is 0 Å². The van der Waals surface area contributed by atoms with Gasteiger partial charge < -0.3 is 10.1 Å². The van der Waals surface area contributed by atoms with Crippen molar-refractivity contribution in [3.8, 4) is 0 Å². The molecular formula is C16H21FN2O2. The molecule has 1 aromatic rings. The average Bonchev–Trinajstić information content (AvgIpc) is 2.93. The number of hydrogen-bond acceptors (Lipinski definition) is 3. The minimum absolute atomic E-state index is 0.0394. The Hall–Kier alpha value is -1.46. The summed E-state index contributed by atoms with van der Waals surface area (Å²) in [6.07, 6.45) is 2.86. The van der Waals surface area contributed by atoms with Gasteiger partial charge in [-0.15, -0.1) is 0 Å². The van der Waals surface area contributed by atoms with Gasteiger partial charge in [0.25, 0.3) is 0 Å². The number of benzene rings is 1. The monoisotopic (exact) mass is 292 g/mol. The van der Waals surface area contributed by atoms with Gasteiger partial charge in [-0.25, -0.2) is 4.39 Å². The lowest BCUT2D eigenvalue weighted by atomic mass is 10.0. The van der Waals surface area contributed by atoms with E-state index in [1.165, 1.54) is 6.07 Å². The zero-order chi connectivity index (χ0) is 14.7. The first kappa shape index (κ1) is 14.5. The van der Waals surface area contributed by atoms with Crippen LogP contribution in [0.15, 0.2) is 24.3 Å². The molecule has 1 unspecified atom stereocenters. The first-order valence-electron chi connectivity index (χ1n) is 7.61. The topological polar surface area (TPSA) is 41.6 Å². The molecular weight excluding hydrogens is 271 g/mol. The van der Waals surface area contributed by atoms with Crippen molar-refractivity contribution in [1.29, 1.82) is 0 Å². The van der Waals surface area contributed by atoms with Crippen LogP contribution in [0.1, 0.15) is 24.8 Å². The molecule has 1 amide bonds. The standard InChI is InChI=1S/C16H21FN2O2/c17-14-4-2-1-3-12(14)11-21-13-6-9-19(10-7-13)15-5-8-18-16(15)20/h1-4,13,15H,5-11H2,(H,18,20). The van der Waals surface area contributed by atoms with Crippen molar-refractivity contribution in [2.24, 2.45) is 0 Å². The second kappa shape index (κ2) is 6.54. The first-order chi connectivity index (χ1) is 10.2. The first-order valence-corrected chi connectivity index (χ1v) is 7.61. The lowest BCUT2D eigenvalue weighted by molar-refractivity contribution is -0.124. The van der Waals surface area contributed by atoms with Crippen molar-refractivity contribution in [3.63, 3.8) is 0 Å². The molecule has 0 aliphatic carbocycles. The van der Waals surface area contributed by atoms with Crippen molar-refractivity contribution in [2.45, 2.75) is 38.0 Å². The number of carbonyl (C=O) groups is 1. The summed E-state index contributed by atoms with van der Waals surface area (Å²) in [5.41, 5.74) is 0.607. The summed E-state index contributed by atoms with van der Waals surface area (Å²) >= 11 is 0. The van der Waals surface area contributed by atoms with Crippen molar-refractivity contribution in [1.82, 2.24) is 10.2 Å². The van der Waals surface area contributed by atoms with E-state index in [-0.39, 0.29) is 23.9 Å². The molecule has 0 aromatic heterocycles. The van der Waals surface area contributed by atoms with Gasteiger partial charge in [-0.2, -0.15) is 0 Å². The van der Waals surface area contributed by atoms with Gasteiger partial charge in [0, 0.05) is 25.2 Å². The zero-order valence-corrected chi connectivity index (χ0v) is 12.1. The van der Waals surface area contributed by atoms with E-state index in [4.69, 9.17) is 4.74 Å². The molecule has 1 N–H and O–H groups in total. The number of nitrogens with zero attached hydrogens (tertiary/aromatic N) is 1. The molecule has 2 aliphatic rings. The fraction of sp³-hybridized carbons (Fsp3) is 0.562. The molecule has 1 aromatic carbocycles. The highest BCUT2D eigenvalue weighted by atomic mass is 19.1. The van der Waals surface area contributed by atoms with E-state index in [1.54, 1.807) is 12.1 Å². The lowest BCUT2D eigenvalue weighted by Gasteiger charge is -2.34. The van der Waals surface area contributed by atoms with Crippen LogP contribution in [0.25, 0.3) is 0 Å². The van der Waals surface area contributed by atoms with Crippen LogP contribution in [-0.2, 0) is 16.1 Å². The number of ether oxygens (including phenoxy) is 1. The number of carbonyl (C=O) groups excluding carboxylic acids is 1. The summed E-state index contributed by atoms with van der Waals surface area (Å²) < 4.78 is 19.3. The van der Waals surface area contributed by atoms with Crippen LogP contribution in [0.2, 0.25) is 0 Å². The average molecular weight is 292 g/mol. The fourth-order valence-electron chi connectivity index (χ4n) is 3.11. The summed E-state index contributed by atoms with van der Waals surface area (Å²) in [5, 5.41) is 2.88. The minimum atomic E-state index is -0.211. The predicted octanol–water partition coefficient (Wildman–Crippen LogP) is 1.70. The van der Waals surface area contributed by atoms with Gasteiger partial charge >= 0.3 is 0 Å². The molecule has 0 spiro atoms. The quantitative estimate of drug-likeness (QED) is 0.918. The smallest absolute Gasteiger partial charge is 0.237 e. The van der Waals surface area contributed by atoms with E-state index in [2.05, 4.69) is 10.2 Å². The van der Waals surface area contributed by atoms with Gasteiger partial charge in [0.1, 0.15) is 5.82 Å². The van der Waals surface area contributed by atoms with Crippen molar-refractivity contribution < 1.29 is 13.9 Å². The number of likely N-dealkylation sites (tertiary alicyclic amines) is 1. The highest BCUT2D eigenvalue weighted by Crippen LogP contribution is 2.20. The lowest BCUT2D eigenvalue weighted by Crippen LogP contribution is -2.46. The molecule has 3 rings (SSSR count). The van der Waals surface area contributed by atoms with E-state index in [1.807, 2.05) is 6.07 Å². The van der Waals surface area contributed by atoms with E-state index in [0.29, 0.717) is 12.2 Å². The Morgan fingerprint density at radius 2 is 2.00 bits per heavy atom. The van der Waals surface area contributed by atoms with Crippen LogP contribution in [0, 0.1) is 5.82 Å². The van der Waals surface area contributed by atoms with Crippen LogP contribution in [-0.4, -0.2) is 42.6 Å². The number of amides is 1. The third kappa shape index (κ3) is 3.41.